The van der Waals surface area contributed by atoms with Crippen molar-refractivity contribution < 1.29 is 19.1 Å². The van der Waals surface area contributed by atoms with E-state index in [1.807, 2.05) is 0 Å². The molecule has 2 amide bonds. The molecule has 2 bridgehead atoms. The summed E-state index contributed by atoms with van der Waals surface area (Å²) in [5.74, 6) is -0.518. The van der Waals surface area contributed by atoms with Crippen molar-refractivity contribution in [1.29, 1.82) is 0 Å². The number of amides is 2. The van der Waals surface area contributed by atoms with Gasteiger partial charge in [-0.15, -0.1) is 0 Å². The number of carbonyl (C=O) groups excluding carboxylic acids is 3. The van der Waals surface area contributed by atoms with Crippen molar-refractivity contribution in [3.05, 3.63) is 24.3 Å². The van der Waals surface area contributed by atoms with E-state index >= 15 is 0 Å². The third kappa shape index (κ3) is 2.29. The van der Waals surface area contributed by atoms with E-state index in [2.05, 4.69) is 10.6 Å². The summed E-state index contributed by atoms with van der Waals surface area (Å²) >= 11 is 0. The van der Waals surface area contributed by atoms with Crippen LogP contribution in [0.5, 0.6) is 0 Å². The summed E-state index contributed by atoms with van der Waals surface area (Å²) in [5.41, 5.74) is 1.34. The second kappa shape index (κ2) is 5.08. The molecular weight excluding hydrogens is 296 g/mol. The van der Waals surface area contributed by atoms with Gasteiger partial charge in [-0.25, -0.2) is 0 Å². The molecule has 0 aromatic heterocycles. The first kappa shape index (κ1) is 14.2. The van der Waals surface area contributed by atoms with E-state index in [-0.39, 0.29) is 47.6 Å². The molecule has 1 saturated heterocycles. The minimum Gasteiger partial charge on any atom is -0.462 e. The van der Waals surface area contributed by atoms with Gasteiger partial charge in [0.05, 0.1) is 11.8 Å². The van der Waals surface area contributed by atoms with Gasteiger partial charge in [0.25, 0.3) is 0 Å². The maximum absolute atomic E-state index is 12.6. The molecule has 1 heterocycles. The van der Waals surface area contributed by atoms with Crippen LogP contribution >= 0.6 is 0 Å². The van der Waals surface area contributed by atoms with Gasteiger partial charge in [0.2, 0.25) is 11.8 Å². The van der Waals surface area contributed by atoms with Gasteiger partial charge >= 0.3 is 5.97 Å². The zero-order valence-electron chi connectivity index (χ0n) is 12.7. The van der Waals surface area contributed by atoms with Crippen LogP contribution < -0.4 is 10.6 Å². The molecule has 2 N–H and O–H groups in total. The van der Waals surface area contributed by atoms with Crippen LogP contribution in [-0.4, -0.2) is 23.9 Å². The van der Waals surface area contributed by atoms with E-state index in [0.717, 1.165) is 12.8 Å². The van der Waals surface area contributed by atoms with E-state index in [1.54, 1.807) is 24.3 Å². The predicted octanol–water partition coefficient (Wildman–Crippen LogP) is 1.78. The van der Waals surface area contributed by atoms with Crippen molar-refractivity contribution in [2.75, 3.05) is 10.6 Å². The van der Waals surface area contributed by atoms with Crippen LogP contribution in [0, 0.1) is 23.7 Å². The predicted molar refractivity (Wildman–Crippen MR) is 82.4 cm³/mol. The highest BCUT2D eigenvalue weighted by Crippen LogP contribution is 2.57. The van der Waals surface area contributed by atoms with Crippen LogP contribution in [0.1, 0.15) is 19.8 Å². The molecule has 3 fully saturated rings. The summed E-state index contributed by atoms with van der Waals surface area (Å²) < 4.78 is 5.36. The highest BCUT2D eigenvalue weighted by Gasteiger charge is 2.63. The molecule has 5 atom stereocenters. The van der Waals surface area contributed by atoms with Gasteiger partial charge in [0.15, 0.2) is 0 Å². The highest BCUT2D eigenvalue weighted by molar-refractivity contribution is 5.97. The Hall–Kier alpha value is -2.37. The highest BCUT2D eigenvalue weighted by atomic mass is 16.6. The number of esters is 1. The second-order valence-corrected chi connectivity index (χ2v) is 6.67. The summed E-state index contributed by atoms with van der Waals surface area (Å²) in [6, 6.07) is 6.95. The van der Waals surface area contributed by atoms with Gasteiger partial charge in [-0.3, -0.25) is 14.4 Å². The van der Waals surface area contributed by atoms with E-state index in [4.69, 9.17) is 4.74 Å². The van der Waals surface area contributed by atoms with Crippen molar-refractivity contribution in [1.82, 2.24) is 0 Å². The number of hydrogen-bond acceptors (Lipinski definition) is 4. The average molecular weight is 314 g/mol. The number of anilines is 2. The fourth-order valence-corrected chi connectivity index (χ4v) is 4.43. The minimum absolute atomic E-state index is 0.0403. The van der Waals surface area contributed by atoms with Gasteiger partial charge < -0.3 is 15.4 Å². The summed E-state index contributed by atoms with van der Waals surface area (Å²) in [7, 11) is 0. The molecule has 120 valence electrons. The molecule has 1 aromatic carbocycles. The third-order valence-corrected chi connectivity index (χ3v) is 5.26. The number of ether oxygens (including phenoxy) is 1. The van der Waals surface area contributed by atoms with Crippen molar-refractivity contribution in [2.45, 2.75) is 25.9 Å². The smallest absolute Gasteiger partial charge is 0.310 e. The zero-order valence-corrected chi connectivity index (χ0v) is 12.7. The molecule has 6 heteroatoms. The van der Waals surface area contributed by atoms with Gasteiger partial charge in [0, 0.05) is 24.2 Å². The first-order valence-electron chi connectivity index (χ1n) is 7.92. The van der Waals surface area contributed by atoms with Crippen LogP contribution in [0.4, 0.5) is 11.4 Å². The van der Waals surface area contributed by atoms with Crippen molar-refractivity contribution in [3.63, 3.8) is 0 Å². The Labute approximate surface area is 133 Å². The topological polar surface area (TPSA) is 84.5 Å². The molecule has 0 radical (unpaired) electrons. The Morgan fingerprint density at radius 1 is 1.09 bits per heavy atom. The van der Waals surface area contributed by atoms with Gasteiger partial charge in [-0.1, -0.05) is 0 Å². The molecule has 4 rings (SSSR count). The van der Waals surface area contributed by atoms with Gasteiger partial charge in [-0.05, 0) is 43.0 Å². The Morgan fingerprint density at radius 2 is 1.74 bits per heavy atom. The summed E-state index contributed by atoms with van der Waals surface area (Å²) in [5, 5.41) is 5.57. The SMILES string of the molecule is CC(=O)Nc1ccc(NC(=O)C2C3CC4OC(=O)C2C4C3)cc1. The van der Waals surface area contributed by atoms with Crippen molar-refractivity contribution in [3.8, 4) is 0 Å². The van der Waals surface area contributed by atoms with E-state index in [0.29, 0.717) is 11.4 Å². The summed E-state index contributed by atoms with van der Waals surface area (Å²) in [6.45, 7) is 1.44. The molecule has 3 aliphatic rings. The van der Waals surface area contributed by atoms with Gasteiger partial charge in [0.1, 0.15) is 6.10 Å². The molecule has 2 saturated carbocycles. The van der Waals surface area contributed by atoms with E-state index in [1.165, 1.54) is 6.92 Å². The summed E-state index contributed by atoms with van der Waals surface area (Å²) in [4.78, 5) is 35.6. The summed E-state index contributed by atoms with van der Waals surface area (Å²) in [6.07, 6.45) is 1.77. The standard InChI is InChI=1S/C17H18N2O4/c1-8(20)18-10-2-4-11(5-3-10)19-16(21)14-9-6-12-13(7-9)23-17(22)15(12)14/h2-5,9,12-15H,6-7H2,1H3,(H,18,20)(H,19,21). The van der Waals surface area contributed by atoms with Crippen molar-refractivity contribution >= 4 is 29.2 Å². The molecule has 1 aromatic rings. The Kier molecular flexibility index (Phi) is 3.14. The van der Waals surface area contributed by atoms with E-state index < -0.39 is 0 Å². The lowest BCUT2D eigenvalue weighted by molar-refractivity contribution is -0.145. The Bertz CT molecular complexity index is 682. The Balaban J connectivity index is 1.46. The third-order valence-electron chi connectivity index (χ3n) is 5.26. The van der Waals surface area contributed by atoms with Crippen molar-refractivity contribution in [2.24, 2.45) is 23.7 Å². The quantitative estimate of drug-likeness (QED) is 0.833. The molecule has 23 heavy (non-hydrogen) atoms. The molecule has 5 unspecified atom stereocenters. The number of hydrogen-bond donors (Lipinski definition) is 2. The maximum atomic E-state index is 12.6. The van der Waals surface area contributed by atoms with Crippen LogP contribution in [0.2, 0.25) is 0 Å². The lowest BCUT2D eigenvalue weighted by atomic mass is 9.79. The van der Waals surface area contributed by atoms with Crippen LogP contribution in [0.25, 0.3) is 0 Å². The molecule has 6 nitrogen and oxygen atoms in total. The number of benzene rings is 1. The monoisotopic (exact) mass is 314 g/mol. The fraction of sp³-hybridized carbons (Fsp3) is 0.471. The first-order chi connectivity index (χ1) is 11.0. The fourth-order valence-electron chi connectivity index (χ4n) is 4.43. The number of fused-ring (bicyclic) bond motifs is 1. The maximum Gasteiger partial charge on any atom is 0.310 e. The molecular formula is C17H18N2O4. The second-order valence-electron chi connectivity index (χ2n) is 6.67. The minimum atomic E-state index is -0.277. The Morgan fingerprint density at radius 3 is 2.39 bits per heavy atom. The van der Waals surface area contributed by atoms with Crippen LogP contribution in [0.3, 0.4) is 0 Å². The lowest BCUT2D eigenvalue weighted by Crippen LogP contribution is -2.35. The normalized spacial score (nSPS) is 33.4. The van der Waals surface area contributed by atoms with Crippen LogP contribution in [0.15, 0.2) is 24.3 Å². The number of nitrogens with one attached hydrogen (secondary N) is 2. The van der Waals surface area contributed by atoms with E-state index in [9.17, 15) is 14.4 Å². The molecule has 2 aliphatic carbocycles. The molecule has 0 spiro atoms. The average Bonchev–Trinajstić information content (AvgIpc) is 3.10. The number of rotatable bonds is 3. The first-order valence-corrected chi connectivity index (χ1v) is 7.92. The zero-order chi connectivity index (χ0) is 16.1. The van der Waals surface area contributed by atoms with Crippen LogP contribution in [-0.2, 0) is 19.1 Å². The largest absolute Gasteiger partial charge is 0.462 e. The number of carbonyl (C=O) groups is 3. The lowest BCUT2D eigenvalue weighted by Gasteiger charge is -2.23. The van der Waals surface area contributed by atoms with Gasteiger partial charge in [-0.2, -0.15) is 0 Å². The molecule has 1 aliphatic heterocycles.